The van der Waals surface area contributed by atoms with E-state index >= 15 is 0 Å². The minimum absolute atomic E-state index is 0.209. The highest BCUT2D eigenvalue weighted by Gasteiger charge is 2.07. The summed E-state index contributed by atoms with van der Waals surface area (Å²) in [6.07, 6.45) is 2.37. The van der Waals surface area contributed by atoms with Gasteiger partial charge in [0.05, 0.1) is 17.5 Å². The number of pyridine rings is 1. The second kappa shape index (κ2) is 3.64. The Bertz CT molecular complexity index is 488. The van der Waals surface area contributed by atoms with Gasteiger partial charge in [-0.15, -0.1) is 0 Å². The smallest absolute Gasteiger partial charge is 0.229 e. The van der Waals surface area contributed by atoms with Crippen molar-refractivity contribution in [2.24, 2.45) is 0 Å². The normalized spacial score (nSPS) is 10.6. The second-order valence-corrected chi connectivity index (χ2v) is 4.61. The molecule has 0 fully saturated rings. The predicted molar refractivity (Wildman–Crippen MR) is 52.2 cm³/mol. The Hall–Kier alpha value is -1.61. The lowest BCUT2D eigenvalue weighted by atomic mass is 10.2. The molecule has 0 unspecified atom stereocenters. The summed E-state index contributed by atoms with van der Waals surface area (Å²) in [5.74, 6) is 0. The number of hydrogen-bond acceptors (Lipinski definition) is 4. The Balaban J connectivity index is 3.20. The van der Waals surface area contributed by atoms with Gasteiger partial charge in [0.25, 0.3) is 0 Å². The summed E-state index contributed by atoms with van der Waals surface area (Å²) in [6, 6.07) is 3.37. The van der Waals surface area contributed by atoms with Gasteiger partial charge in [0, 0.05) is 11.9 Å². The van der Waals surface area contributed by atoms with E-state index < -0.39 is 10.0 Å². The molecular weight excluding hydrogens is 202 g/mol. The van der Waals surface area contributed by atoms with Crippen molar-refractivity contribution in [3.05, 3.63) is 23.5 Å². The van der Waals surface area contributed by atoms with Crippen LogP contribution in [-0.2, 0) is 10.0 Å². The van der Waals surface area contributed by atoms with Crippen molar-refractivity contribution >= 4 is 15.7 Å². The van der Waals surface area contributed by atoms with Gasteiger partial charge in [0.15, 0.2) is 0 Å². The summed E-state index contributed by atoms with van der Waals surface area (Å²) in [5, 5.41) is 8.68. The van der Waals surface area contributed by atoms with Gasteiger partial charge in [0.1, 0.15) is 6.07 Å². The fourth-order valence-electron chi connectivity index (χ4n) is 0.933. The van der Waals surface area contributed by atoms with Gasteiger partial charge in [-0.05, 0) is 13.0 Å². The first-order chi connectivity index (χ1) is 6.42. The summed E-state index contributed by atoms with van der Waals surface area (Å²) in [7, 11) is -3.36. The average molecular weight is 211 g/mol. The highest BCUT2D eigenvalue weighted by molar-refractivity contribution is 7.92. The maximum atomic E-state index is 10.9. The van der Waals surface area contributed by atoms with E-state index in [9.17, 15) is 8.42 Å². The van der Waals surface area contributed by atoms with Crippen molar-refractivity contribution in [2.75, 3.05) is 11.0 Å². The third-order valence-electron chi connectivity index (χ3n) is 1.46. The summed E-state index contributed by atoms with van der Waals surface area (Å²) in [4.78, 5) is 3.88. The lowest BCUT2D eigenvalue weighted by Gasteiger charge is -2.05. The summed E-state index contributed by atoms with van der Waals surface area (Å²) >= 11 is 0. The molecule has 0 saturated heterocycles. The Morgan fingerprint density at radius 3 is 2.71 bits per heavy atom. The number of nitriles is 1. The molecule has 1 rings (SSSR count). The Kier molecular flexibility index (Phi) is 2.72. The third-order valence-corrected chi connectivity index (χ3v) is 2.05. The molecule has 6 heteroatoms. The van der Waals surface area contributed by atoms with Crippen LogP contribution in [0, 0.1) is 18.3 Å². The van der Waals surface area contributed by atoms with Crippen LogP contribution in [0.3, 0.4) is 0 Å². The molecule has 0 radical (unpaired) electrons. The van der Waals surface area contributed by atoms with Gasteiger partial charge in [-0.1, -0.05) is 0 Å². The zero-order valence-corrected chi connectivity index (χ0v) is 8.59. The topological polar surface area (TPSA) is 82.9 Å². The van der Waals surface area contributed by atoms with Gasteiger partial charge in [-0.3, -0.25) is 9.71 Å². The maximum Gasteiger partial charge on any atom is 0.229 e. The van der Waals surface area contributed by atoms with Gasteiger partial charge in [-0.25, -0.2) is 8.42 Å². The van der Waals surface area contributed by atoms with Crippen LogP contribution in [0.25, 0.3) is 0 Å². The lowest BCUT2D eigenvalue weighted by Crippen LogP contribution is -2.11. The SMILES string of the molecule is Cc1cc(NS(C)(=O)=O)c(C#N)cn1. The van der Waals surface area contributed by atoms with Crippen LogP contribution < -0.4 is 4.72 Å². The zero-order valence-electron chi connectivity index (χ0n) is 7.77. The van der Waals surface area contributed by atoms with Crippen molar-refractivity contribution < 1.29 is 8.42 Å². The molecule has 0 atom stereocenters. The molecule has 1 heterocycles. The van der Waals surface area contributed by atoms with E-state index in [1.54, 1.807) is 6.92 Å². The van der Waals surface area contributed by atoms with E-state index in [1.807, 2.05) is 6.07 Å². The van der Waals surface area contributed by atoms with E-state index in [1.165, 1.54) is 12.3 Å². The fourth-order valence-corrected chi connectivity index (χ4v) is 1.50. The molecular formula is C8H9N3O2S. The quantitative estimate of drug-likeness (QED) is 0.777. The van der Waals surface area contributed by atoms with Crippen LogP contribution in [0.1, 0.15) is 11.3 Å². The predicted octanol–water partition coefficient (Wildman–Crippen LogP) is 0.633. The number of aryl methyl sites for hydroxylation is 1. The molecule has 0 aliphatic rings. The highest BCUT2D eigenvalue weighted by atomic mass is 32.2. The molecule has 0 aliphatic carbocycles. The molecule has 74 valence electrons. The van der Waals surface area contributed by atoms with Crippen molar-refractivity contribution in [3.8, 4) is 6.07 Å². The monoisotopic (exact) mass is 211 g/mol. The molecule has 0 aromatic carbocycles. The summed E-state index contributed by atoms with van der Waals surface area (Å²) in [5.41, 5.74) is 1.12. The van der Waals surface area contributed by atoms with Crippen LogP contribution in [0.2, 0.25) is 0 Å². The number of nitrogens with zero attached hydrogens (tertiary/aromatic N) is 2. The fraction of sp³-hybridized carbons (Fsp3) is 0.250. The van der Waals surface area contributed by atoms with Crippen molar-refractivity contribution in [2.45, 2.75) is 6.92 Å². The first-order valence-electron chi connectivity index (χ1n) is 3.77. The van der Waals surface area contributed by atoms with Crippen molar-refractivity contribution in [1.29, 1.82) is 5.26 Å². The van der Waals surface area contributed by atoms with Gasteiger partial charge < -0.3 is 0 Å². The molecule has 5 nitrogen and oxygen atoms in total. The minimum atomic E-state index is -3.36. The van der Waals surface area contributed by atoms with Gasteiger partial charge in [0.2, 0.25) is 10.0 Å². The molecule has 0 saturated carbocycles. The molecule has 0 aliphatic heterocycles. The Labute approximate surface area is 82.4 Å². The Morgan fingerprint density at radius 2 is 2.21 bits per heavy atom. The van der Waals surface area contributed by atoms with Crippen LogP contribution in [0.15, 0.2) is 12.3 Å². The third kappa shape index (κ3) is 2.71. The summed E-state index contributed by atoms with van der Waals surface area (Å²) < 4.78 is 24.1. The molecule has 1 aromatic rings. The first kappa shape index (κ1) is 10.5. The molecule has 14 heavy (non-hydrogen) atoms. The van der Waals surface area contributed by atoms with E-state index in [0.717, 1.165) is 6.26 Å². The van der Waals surface area contributed by atoms with Crippen LogP contribution in [0.4, 0.5) is 5.69 Å². The van der Waals surface area contributed by atoms with Crippen molar-refractivity contribution in [3.63, 3.8) is 0 Å². The number of anilines is 1. The zero-order chi connectivity index (χ0) is 10.8. The van der Waals surface area contributed by atoms with E-state index in [4.69, 9.17) is 5.26 Å². The molecule has 0 bridgehead atoms. The number of aromatic nitrogens is 1. The van der Waals surface area contributed by atoms with Crippen LogP contribution >= 0.6 is 0 Å². The number of sulfonamides is 1. The van der Waals surface area contributed by atoms with Gasteiger partial charge >= 0.3 is 0 Å². The van der Waals surface area contributed by atoms with Crippen LogP contribution in [-0.4, -0.2) is 19.7 Å². The molecule has 0 amide bonds. The van der Waals surface area contributed by atoms with E-state index in [0.29, 0.717) is 5.69 Å². The maximum absolute atomic E-state index is 10.9. The Morgan fingerprint density at radius 1 is 1.57 bits per heavy atom. The summed E-state index contributed by atoms with van der Waals surface area (Å²) in [6.45, 7) is 1.72. The van der Waals surface area contributed by atoms with E-state index in [2.05, 4.69) is 9.71 Å². The second-order valence-electron chi connectivity index (χ2n) is 2.86. The minimum Gasteiger partial charge on any atom is -0.282 e. The first-order valence-corrected chi connectivity index (χ1v) is 5.66. The number of hydrogen-bond donors (Lipinski definition) is 1. The molecule has 1 N–H and O–H groups in total. The van der Waals surface area contributed by atoms with Gasteiger partial charge in [-0.2, -0.15) is 5.26 Å². The standard InChI is InChI=1S/C8H9N3O2S/c1-6-3-8(11-14(2,12)13)7(4-9)5-10-6/h3,5H,1-2H3,(H,10,11). The van der Waals surface area contributed by atoms with Crippen molar-refractivity contribution in [1.82, 2.24) is 4.98 Å². The molecule has 0 spiro atoms. The number of rotatable bonds is 2. The molecule has 1 aromatic heterocycles. The van der Waals surface area contributed by atoms with Crippen LogP contribution in [0.5, 0.6) is 0 Å². The lowest BCUT2D eigenvalue weighted by molar-refractivity contribution is 0.607. The average Bonchev–Trinajstić information content (AvgIpc) is 2.01. The number of nitrogens with one attached hydrogen (secondary N) is 1. The largest absolute Gasteiger partial charge is 0.282 e. The van der Waals surface area contributed by atoms with E-state index in [-0.39, 0.29) is 11.3 Å². The highest BCUT2D eigenvalue weighted by Crippen LogP contribution is 2.15.